The molecule has 156 valence electrons. The zero-order chi connectivity index (χ0) is 21.5. The van der Waals surface area contributed by atoms with Crippen molar-refractivity contribution in [2.24, 2.45) is 0 Å². The number of aryl methyl sites for hydroxylation is 1. The summed E-state index contributed by atoms with van der Waals surface area (Å²) in [6.45, 7) is 2.66. The summed E-state index contributed by atoms with van der Waals surface area (Å²) in [4.78, 5) is 26.5. The van der Waals surface area contributed by atoms with Gasteiger partial charge in [-0.2, -0.15) is 0 Å². The van der Waals surface area contributed by atoms with Crippen LogP contribution < -0.4 is 16.0 Å². The number of fused-ring (bicyclic) bond motifs is 3. The standard InChI is InChI=1S/C23H20N4O3S/c1-15-3-5-17(6-4-15)14-26-23(29)27-19-11-12-31-20(19)21(28)25(22(27)24-26)13-16-7-9-18(30-2)10-8-16/h3-12H,13-14H2,1-2H3. The Morgan fingerprint density at radius 2 is 1.61 bits per heavy atom. The summed E-state index contributed by atoms with van der Waals surface area (Å²) >= 11 is 1.33. The van der Waals surface area contributed by atoms with Crippen molar-refractivity contribution in [2.75, 3.05) is 7.11 Å². The fraction of sp³-hybridized carbons (Fsp3) is 0.174. The molecule has 3 aromatic heterocycles. The van der Waals surface area contributed by atoms with E-state index in [1.165, 1.54) is 20.4 Å². The van der Waals surface area contributed by atoms with Crippen LogP contribution >= 0.6 is 11.3 Å². The Morgan fingerprint density at radius 1 is 0.935 bits per heavy atom. The predicted molar refractivity (Wildman–Crippen MR) is 121 cm³/mol. The number of nitrogens with zero attached hydrogens (tertiary/aromatic N) is 4. The quantitative estimate of drug-likeness (QED) is 0.427. The molecule has 3 heterocycles. The number of hydrogen-bond donors (Lipinski definition) is 0. The van der Waals surface area contributed by atoms with Crippen LogP contribution in [-0.4, -0.2) is 25.9 Å². The van der Waals surface area contributed by atoms with E-state index in [1.807, 2.05) is 60.8 Å². The topological polar surface area (TPSA) is 70.5 Å². The van der Waals surface area contributed by atoms with Gasteiger partial charge in [0.05, 0.1) is 25.7 Å². The van der Waals surface area contributed by atoms with Gasteiger partial charge in [0.25, 0.3) is 5.56 Å². The second-order valence-electron chi connectivity index (χ2n) is 7.44. The number of rotatable bonds is 5. The second-order valence-corrected chi connectivity index (χ2v) is 8.35. The van der Waals surface area contributed by atoms with E-state index in [1.54, 1.807) is 17.7 Å². The molecule has 31 heavy (non-hydrogen) atoms. The molecule has 0 atom stereocenters. The van der Waals surface area contributed by atoms with Crippen molar-refractivity contribution >= 4 is 27.3 Å². The molecule has 0 amide bonds. The highest BCUT2D eigenvalue weighted by molar-refractivity contribution is 7.17. The first-order valence-electron chi connectivity index (χ1n) is 9.83. The van der Waals surface area contributed by atoms with Crippen LogP contribution in [-0.2, 0) is 13.1 Å². The van der Waals surface area contributed by atoms with E-state index in [4.69, 9.17) is 4.74 Å². The molecule has 0 radical (unpaired) electrons. The normalized spacial score (nSPS) is 11.4. The summed E-state index contributed by atoms with van der Waals surface area (Å²) < 4.78 is 10.3. The van der Waals surface area contributed by atoms with E-state index in [0.29, 0.717) is 29.1 Å². The Hall–Kier alpha value is -3.65. The van der Waals surface area contributed by atoms with Crippen LogP contribution in [0.2, 0.25) is 0 Å². The van der Waals surface area contributed by atoms with Crippen molar-refractivity contribution < 1.29 is 4.74 Å². The number of benzene rings is 2. The Kier molecular flexibility index (Phi) is 4.71. The number of hydrogen-bond acceptors (Lipinski definition) is 5. The molecule has 0 aliphatic rings. The Labute approximate surface area is 181 Å². The third kappa shape index (κ3) is 3.34. The van der Waals surface area contributed by atoms with Crippen molar-refractivity contribution in [2.45, 2.75) is 20.0 Å². The summed E-state index contributed by atoms with van der Waals surface area (Å²) in [5.74, 6) is 1.08. The minimum atomic E-state index is -0.262. The van der Waals surface area contributed by atoms with Gasteiger partial charge < -0.3 is 4.74 Å². The summed E-state index contributed by atoms with van der Waals surface area (Å²) in [5, 5.41) is 6.39. The molecule has 0 saturated carbocycles. The molecule has 0 bridgehead atoms. The number of methoxy groups -OCH3 is 1. The van der Waals surface area contributed by atoms with E-state index < -0.39 is 0 Å². The van der Waals surface area contributed by atoms with E-state index in [0.717, 1.165) is 22.4 Å². The molecule has 5 rings (SSSR count). The summed E-state index contributed by atoms with van der Waals surface area (Å²) in [5.41, 5.74) is 3.22. The van der Waals surface area contributed by atoms with Gasteiger partial charge in [0.2, 0.25) is 5.78 Å². The first kappa shape index (κ1) is 19.3. The van der Waals surface area contributed by atoms with Crippen LogP contribution in [0.5, 0.6) is 5.75 Å². The van der Waals surface area contributed by atoms with Crippen molar-refractivity contribution in [1.29, 1.82) is 0 Å². The van der Waals surface area contributed by atoms with Gasteiger partial charge in [0.1, 0.15) is 10.4 Å². The van der Waals surface area contributed by atoms with Crippen LogP contribution in [0.25, 0.3) is 16.0 Å². The predicted octanol–water partition coefficient (Wildman–Crippen LogP) is 3.29. The molecule has 2 aromatic carbocycles. The van der Waals surface area contributed by atoms with Gasteiger partial charge in [-0.3, -0.25) is 9.36 Å². The molecule has 8 heteroatoms. The smallest absolute Gasteiger partial charge is 0.352 e. The summed E-state index contributed by atoms with van der Waals surface area (Å²) in [6.07, 6.45) is 0. The highest BCUT2D eigenvalue weighted by Gasteiger charge is 2.18. The first-order valence-corrected chi connectivity index (χ1v) is 10.7. The lowest BCUT2D eigenvalue weighted by Crippen LogP contribution is -2.26. The monoisotopic (exact) mass is 432 g/mol. The van der Waals surface area contributed by atoms with Gasteiger partial charge in [-0.25, -0.2) is 13.9 Å². The lowest BCUT2D eigenvalue weighted by molar-refractivity contribution is 0.414. The van der Waals surface area contributed by atoms with Gasteiger partial charge in [-0.15, -0.1) is 16.4 Å². The SMILES string of the molecule is COc1ccc(Cn2c(=O)c3sccc3n3c(=O)n(Cc4ccc(C)cc4)nc23)cc1. The van der Waals surface area contributed by atoms with Crippen LogP contribution in [0.1, 0.15) is 16.7 Å². The van der Waals surface area contributed by atoms with E-state index in [2.05, 4.69) is 5.10 Å². The lowest BCUT2D eigenvalue weighted by atomic mass is 10.1. The molecule has 0 aliphatic carbocycles. The third-order valence-corrected chi connectivity index (χ3v) is 6.23. The minimum Gasteiger partial charge on any atom is -0.497 e. The maximum Gasteiger partial charge on any atom is 0.352 e. The maximum absolute atomic E-state index is 13.2. The highest BCUT2D eigenvalue weighted by Crippen LogP contribution is 2.19. The molecule has 0 aliphatic heterocycles. The number of thiophene rings is 1. The van der Waals surface area contributed by atoms with Crippen LogP contribution in [0.3, 0.4) is 0 Å². The fourth-order valence-corrected chi connectivity index (χ4v) is 4.48. The van der Waals surface area contributed by atoms with Crippen molar-refractivity contribution in [1.82, 2.24) is 18.7 Å². The summed E-state index contributed by atoms with van der Waals surface area (Å²) in [7, 11) is 1.61. The number of aromatic nitrogens is 4. The molecule has 0 unspecified atom stereocenters. The van der Waals surface area contributed by atoms with Gasteiger partial charge in [0.15, 0.2) is 0 Å². The molecule has 0 saturated heterocycles. The van der Waals surface area contributed by atoms with E-state index in [9.17, 15) is 9.59 Å². The average molecular weight is 433 g/mol. The zero-order valence-corrected chi connectivity index (χ0v) is 17.9. The molecular formula is C23H20N4O3S. The van der Waals surface area contributed by atoms with E-state index >= 15 is 0 Å². The van der Waals surface area contributed by atoms with Gasteiger partial charge in [-0.1, -0.05) is 42.0 Å². The molecule has 0 N–H and O–H groups in total. The van der Waals surface area contributed by atoms with Crippen LogP contribution in [0, 0.1) is 6.92 Å². The van der Waals surface area contributed by atoms with E-state index in [-0.39, 0.29) is 11.2 Å². The summed E-state index contributed by atoms with van der Waals surface area (Å²) in [6, 6.07) is 17.3. The molecule has 0 fully saturated rings. The van der Waals surface area contributed by atoms with Crippen molar-refractivity contribution in [3.63, 3.8) is 0 Å². The van der Waals surface area contributed by atoms with Gasteiger partial charge >= 0.3 is 5.69 Å². The molecule has 5 aromatic rings. The highest BCUT2D eigenvalue weighted by atomic mass is 32.1. The zero-order valence-electron chi connectivity index (χ0n) is 17.1. The van der Waals surface area contributed by atoms with Crippen LogP contribution in [0.15, 0.2) is 69.6 Å². The molecular weight excluding hydrogens is 412 g/mol. The third-order valence-electron chi connectivity index (χ3n) is 5.34. The van der Waals surface area contributed by atoms with Gasteiger partial charge in [0, 0.05) is 0 Å². The fourth-order valence-electron chi connectivity index (χ4n) is 3.66. The Morgan fingerprint density at radius 3 is 2.32 bits per heavy atom. The van der Waals surface area contributed by atoms with Crippen LogP contribution in [0.4, 0.5) is 0 Å². The Bertz CT molecular complexity index is 1510. The van der Waals surface area contributed by atoms with Crippen molar-refractivity contribution in [3.05, 3.63) is 97.5 Å². The molecule has 7 nitrogen and oxygen atoms in total. The average Bonchev–Trinajstić information content (AvgIpc) is 3.38. The Balaban J connectivity index is 1.68. The first-order chi connectivity index (χ1) is 15.0. The number of ether oxygens (including phenoxy) is 1. The largest absolute Gasteiger partial charge is 0.497 e. The maximum atomic E-state index is 13.2. The lowest BCUT2D eigenvalue weighted by Gasteiger charge is -2.08. The minimum absolute atomic E-state index is 0.152. The second kappa shape index (κ2) is 7.55. The molecule has 0 spiro atoms. The van der Waals surface area contributed by atoms with Gasteiger partial charge in [-0.05, 0) is 41.6 Å². The van der Waals surface area contributed by atoms with Crippen molar-refractivity contribution in [3.8, 4) is 5.75 Å².